The second-order valence-electron chi connectivity index (χ2n) is 4.09. The molecule has 0 aliphatic rings. The Morgan fingerprint density at radius 2 is 1.25 bits per heavy atom. The zero-order chi connectivity index (χ0) is 16.0. The van der Waals surface area contributed by atoms with Gasteiger partial charge in [-0.2, -0.15) is 39.5 Å². The van der Waals surface area contributed by atoms with Crippen LogP contribution in [0.15, 0.2) is 24.3 Å². The van der Waals surface area contributed by atoms with E-state index in [2.05, 4.69) is 0 Å². The second kappa shape index (κ2) is 4.56. The molecule has 0 aliphatic carbocycles. The van der Waals surface area contributed by atoms with Crippen LogP contribution in [-0.2, 0) is 5.92 Å². The minimum atomic E-state index is -6.87. The molecule has 0 heterocycles. The highest BCUT2D eigenvalue weighted by atomic mass is 19.4. The first-order valence-electron chi connectivity index (χ1n) is 5.02. The monoisotopic (exact) mass is 310 g/mol. The SMILES string of the molecule is Cc1cccc(C(F)(F)C(F)(F)C(F)(F)C(F)(F)F)c1. The quantitative estimate of drug-likeness (QED) is 0.695. The summed E-state index contributed by atoms with van der Waals surface area (Å²) >= 11 is 0. The standard InChI is InChI=1S/C11H7F9/c1-6-3-2-4-7(5-6)8(12,13)9(14,15)10(16,17)11(18,19)20/h2-5H,1H3. The third kappa shape index (κ3) is 2.33. The van der Waals surface area contributed by atoms with E-state index in [1.165, 1.54) is 13.0 Å². The normalized spacial score (nSPS) is 14.5. The molecule has 9 heteroatoms. The minimum Gasteiger partial charge on any atom is -0.194 e. The van der Waals surface area contributed by atoms with E-state index in [0.29, 0.717) is 12.1 Å². The van der Waals surface area contributed by atoms with E-state index in [-0.39, 0.29) is 5.56 Å². The molecule has 0 bridgehead atoms. The van der Waals surface area contributed by atoms with Gasteiger partial charge < -0.3 is 0 Å². The van der Waals surface area contributed by atoms with Crippen molar-refractivity contribution in [2.24, 2.45) is 0 Å². The highest BCUT2D eigenvalue weighted by Gasteiger charge is 2.81. The van der Waals surface area contributed by atoms with Crippen molar-refractivity contribution in [3.8, 4) is 0 Å². The number of hydrogen-bond acceptors (Lipinski definition) is 0. The van der Waals surface area contributed by atoms with Crippen LogP contribution in [0, 0.1) is 6.92 Å². The summed E-state index contributed by atoms with van der Waals surface area (Å²) in [5.41, 5.74) is -1.61. The lowest BCUT2D eigenvalue weighted by molar-refractivity contribution is -0.399. The fourth-order valence-corrected chi connectivity index (χ4v) is 1.40. The maximum Gasteiger partial charge on any atom is 0.460 e. The van der Waals surface area contributed by atoms with E-state index in [4.69, 9.17) is 0 Å². The predicted octanol–water partition coefficient (Wildman–Crippen LogP) is 4.92. The maximum absolute atomic E-state index is 13.4. The Kier molecular flexibility index (Phi) is 3.79. The molecule has 0 fully saturated rings. The smallest absolute Gasteiger partial charge is 0.194 e. The van der Waals surface area contributed by atoms with Gasteiger partial charge in [0.25, 0.3) is 0 Å². The van der Waals surface area contributed by atoms with Crippen LogP contribution in [0.2, 0.25) is 0 Å². The van der Waals surface area contributed by atoms with Gasteiger partial charge in [0.15, 0.2) is 0 Å². The average molecular weight is 310 g/mol. The van der Waals surface area contributed by atoms with Gasteiger partial charge in [-0.15, -0.1) is 0 Å². The molecule has 0 atom stereocenters. The third-order valence-corrected chi connectivity index (χ3v) is 2.53. The third-order valence-electron chi connectivity index (χ3n) is 2.53. The highest BCUT2D eigenvalue weighted by molar-refractivity contribution is 5.28. The summed E-state index contributed by atoms with van der Waals surface area (Å²) in [4.78, 5) is 0. The van der Waals surface area contributed by atoms with Gasteiger partial charge in [-0.05, 0) is 13.0 Å². The summed E-state index contributed by atoms with van der Waals surface area (Å²) in [5, 5.41) is 0. The van der Waals surface area contributed by atoms with Crippen molar-refractivity contribution in [1.29, 1.82) is 0 Å². The molecular weight excluding hydrogens is 303 g/mol. The van der Waals surface area contributed by atoms with Crippen LogP contribution < -0.4 is 0 Å². The van der Waals surface area contributed by atoms with Gasteiger partial charge in [-0.3, -0.25) is 0 Å². The van der Waals surface area contributed by atoms with Gasteiger partial charge >= 0.3 is 23.9 Å². The van der Waals surface area contributed by atoms with Crippen LogP contribution in [0.1, 0.15) is 11.1 Å². The van der Waals surface area contributed by atoms with Gasteiger partial charge in [-0.25, -0.2) is 0 Å². The summed E-state index contributed by atoms with van der Waals surface area (Å²) < 4.78 is 114. The first kappa shape index (κ1) is 16.6. The van der Waals surface area contributed by atoms with E-state index >= 15 is 0 Å². The average Bonchev–Trinajstić information content (AvgIpc) is 2.26. The van der Waals surface area contributed by atoms with Crippen LogP contribution in [0.5, 0.6) is 0 Å². The zero-order valence-electron chi connectivity index (χ0n) is 9.71. The van der Waals surface area contributed by atoms with Crippen LogP contribution in [0.4, 0.5) is 39.5 Å². The highest BCUT2D eigenvalue weighted by Crippen LogP contribution is 2.56. The minimum absolute atomic E-state index is 0.00769. The second-order valence-corrected chi connectivity index (χ2v) is 4.09. The number of benzene rings is 1. The van der Waals surface area contributed by atoms with Gasteiger partial charge in [-0.1, -0.05) is 23.8 Å². The lowest BCUT2D eigenvalue weighted by Crippen LogP contribution is -2.59. The Bertz CT molecular complexity index is 487. The number of alkyl halides is 9. The van der Waals surface area contributed by atoms with E-state index in [1.807, 2.05) is 0 Å². The topological polar surface area (TPSA) is 0 Å². The Morgan fingerprint density at radius 3 is 1.65 bits per heavy atom. The fourth-order valence-electron chi connectivity index (χ4n) is 1.40. The van der Waals surface area contributed by atoms with Crippen molar-refractivity contribution in [2.75, 3.05) is 0 Å². The molecule has 1 aromatic rings. The first-order chi connectivity index (χ1) is 8.75. The van der Waals surface area contributed by atoms with Gasteiger partial charge in [0.2, 0.25) is 0 Å². The van der Waals surface area contributed by atoms with Crippen LogP contribution >= 0.6 is 0 Å². The van der Waals surface area contributed by atoms with Crippen molar-refractivity contribution < 1.29 is 39.5 Å². The van der Waals surface area contributed by atoms with Crippen molar-refractivity contribution in [3.05, 3.63) is 35.4 Å². The lowest BCUT2D eigenvalue weighted by atomic mass is 9.96. The van der Waals surface area contributed by atoms with Crippen LogP contribution in [0.3, 0.4) is 0 Å². The van der Waals surface area contributed by atoms with Gasteiger partial charge in [0.1, 0.15) is 0 Å². The van der Waals surface area contributed by atoms with Crippen molar-refractivity contribution in [2.45, 2.75) is 30.9 Å². The summed E-state index contributed by atoms with van der Waals surface area (Å²) in [6.45, 7) is 1.19. The molecule has 0 spiro atoms. The summed E-state index contributed by atoms with van der Waals surface area (Å²) in [6.07, 6.45) is -6.80. The molecule has 0 amide bonds. The fraction of sp³-hybridized carbons (Fsp3) is 0.455. The lowest BCUT2D eigenvalue weighted by Gasteiger charge is -2.33. The zero-order valence-corrected chi connectivity index (χ0v) is 9.71. The van der Waals surface area contributed by atoms with E-state index in [1.54, 1.807) is 0 Å². The predicted molar refractivity (Wildman–Crippen MR) is 51.0 cm³/mol. The van der Waals surface area contributed by atoms with E-state index in [9.17, 15) is 39.5 Å². The molecule has 1 rings (SSSR count). The molecule has 0 N–H and O–H groups in total. The van der Waals surface area contributed by atoms with Gasteiger partial charge in [0.05, 0.1) is 0 Å². The molecule has 0 radical (unpaired) electrons. The number of rotatable bonds is 3. The molecule has 0 saturated heterocycles. The number of halogens is 9. The summed E-state index contributed by atoms with van der Waals surface area (Å²) in [7, 11) is 0. The van der Waals surface area contributed by atoms with E-state index < -0.39 is 29.5 Å². The molecule has 0 saturated carbocycles. The van der Waals surface area contributed by atoms with Crippen LogP contribution in [0.25, 0.3) is 0 Å². The Balaban J connectivity index is 3.39. The Labute approximate surface area is 107 Å². The molecule has 0 aliphatic heterocycles. The molecule has 0 aromatic heterocycles. The largest absolute Gasteiger partial charge is 0.460 e. The molecular formula is C11H7F9. The maximum atomic E-state index is 13.4. The summed E-state index contributed by atoms with van der Waals surface area (Å²) in [5.74, 6) is -19.2. The molecule has 0 unspecified atom stereocenters. The Hall–Kier alpha value is -1.41. The summed E-state index contributed by atoms with van der Waals surface area (Å²) in [6, 6.07) is 2.81. The number of hydrogen-bond donors (Lipinski definition) is 0. The van der Waals surface area contributed by atoms with Crippen molar-refractivity contribution in [1.82, 2.24) is 0 Å². The molecule has 114 valence electrons. The van der Waals surface area contributed by atoms with E-state index in [0.717, 1.165) is 6.07 Å². The molecule has 20 heavy (non-hydrogen) atoms. The van der Waals surface area contributed by atoms with Gasteiger partial charge in [0, 0.05) is 5.56 Å². The molecule has 0 nitrogen and oxygen atoms in total. The van der Waals surface area contributed by atoms with Crippen molar-refractivity contribution in [3.63, 3.8) is 0 Å². The van der Waals surface area contributed by atoms with Crippen LogP contribution in [-0.4, -0.2) is 18.0 Å². The number of aryl methyl sites for hydroxylation is 1. The molecule has 1 aromatic carbocycles. The Morgan fingerprint density at radius 1 is 0.750 bits per heavy atom. The van der Waals surface area contributed by atoms with Crippen molar-refractivity contribution >= 4 is 0 Å². The first-order valence-corrected chi connectivity index (χ1v) is 5.02.